The van der Waals surface area contributed by atoms with Crippen molar-refractivity contribution in [3.05, 3.63) is 49.9 Å². The van der Waals surface area contributed by atoms with E-state index in [2.05, 4.69) is 24.1 Å². The molecule has 1 heterocycles. The molecular weight excluding hydrogens is 299 g/mol. The number of benzene rings is 1. The van der Waals surface area contributed by atoms with Gasteiger partial charge in [-0.2, -0.15) is 0 Å². The largest absolute Gasteiger partial charge is 0.304 e. The lowest BCUT2D eigenvalue weighted by atomic mass is 10.2. The zero-order valence-corrected chi connectivity index (χ0v) is 13.2. The molecule has 1 atom stereocenters. The van der Waals surface area contributed by atoms with Gasteiger partial charge in [0, 0.05) is 27.7 Å². The van der Waals surface area contributed by atoms with Crippen LogP contribution in [0.3, 0.4) is 0 Å². The molecule has 0 fully saturated rings. The number of thiazole rings is 1. The Kier molecular flexibility index (Phi) is 5.22. The molecule has 2 rings (SSSR count). The third-order valence-electron chi connectivity index (χ3n) is 2.90. The van der Waals surface area contributed by atoms with Crippen molar-refractivity contribution in [2.45, 2.75) is 32.9 Å². The maximum Gasteiger partial charge on any atom is 0.109 e. The molecule has 1 unspecified atom stereocenters. The highest BCUT2D eigenvalue weighted by Crippen LogP contribution is 2.23. The molecule has 0 saturated carbocycles. The molecule has 19 heavy (non-hydrogen) atoms. The molecule has 2 aromatic rings. The van der Waals surface area contributed by atoms with E-state index in [-0.39, 0.29) is 6.04 Å². The Morgan fingerprint density at radius 1 is 1.37 bits per heavy atom. The summed E-state index contributed by atoms with van der Waals surface area (Å²) in [6.45, 7) is 4.93. The highest BCUT2D eigenvalue weighted by molar-refractivity contribution is 7.11. The smallest absolute Gasteiger partial charge is 0.109 e. The number of nitrogens with one attached hydrogen (secondary N) is 1. The number of rotatable bonds is 5. The van der Waals surface area contributed by atoms with E-state index in [0.717, 1.165) is 22.0 Å². The number of aryl methyl sites for hydroxylation is 1. The molecule has 0 spiro atoms. The van der Waals surface area contributed by atoms with Gasteiger partial charge in [0.15, 0.2) is 0 Å². The third kappa shape index (κ3) is 3.93. The minimum atomic E-state index is 0.209. The molecule has 5 heteroatoms. The summed E-state index contributed by atoms with van der Waals surface area (Å²) in [6.07, 6.45) is 2.98. The summed E-state index contributed by atoms with van der Waals surface area (Å²) in [5.41, 5.74) is 1.01. The average molecular weight is 315 g/mol. The normalized spacial score (nSPS) is 12.6. The first-order valence-electron chi connectivity index (χ1n) is 6.22. The van der Waals surface area contributed by atoms with Gasteiger partial charge in [0.1, 0.15) is 5.01 Å². The summed E-state index contributed by atoms with van der Waals surface area (Å²) in [7, 11) is 0. The molecule has 0 bridgehead atoms. The molecule has 1 aromatic carbocycles. The molecule has 0 aliphatic heterocycles. The molecule has 0 aliphatic carbocycles. The molecule has 102 valence electrons. The van der Waals surface area contributed by atoms with Crippen molar-refractivity contribution in [1.82, 2.24) is 10.3 Å². The summed E-state index contributed by atoms with van der Waals surface area (Å²) in [5, 5.41) is 5.97. The molecule has 1 N–H and O–H groups in total. The zero-order chi connectivity index (χ0) is 13.8. The van der Waals surface area contributed by atoms with Crippen LogP contribution >= 0.6 is 34.5 Å². The predicted octanol–water partition coefficient (Wildman–Crippen LogP) is 4.86. The van der Waals surface area contributed by atoms with E-state index in [1.807, 2.05) is 18.3 Å². The first-order chi connectivity index (χ1) is 9.10. The van der Waals surface area contributed by atoms with Gasteiger partial charge in [-0.15, -0.1) is 11.3 Å². The van der Waals surface area contributed by atoms with Gasteiger partial charge in [0.05, 0.1) is 6.04 Å². The SMILES string of the molecule is CCc1cnc(C(C)NCc2cc(Cl)ccc2Cl)s1. The van der Waals surface area contributed by atoms with Gasteiger partial charge in [-0.05, 0) is 37.1 Å². The van der Waals surface area contributed by atoms with Crippen LogP contribution in [0.2, 0.25) is 10.0 Å². The van der Waals surface area contributed by atoms with Crippen molar-refractivity contribution in [3.63, 3.8) is 0 Å². The van der Waals surface area contributed by atoms with Crippen LogP contribution in [0.15, 0.2) is 24.4 Å². The van der Waals surface area contributed by atoms with Crippen molar-refractivity contribution in [1.29, 1.82) is 0 Å². The maximum atomic E-state index is 6.14. The second-order valence-electron chi connectivity index (χ2n) is 4.36. The van der Waals surface area contributed by atoms with Crippen molar-refractivity contribution in [2.24, 2.45) is 0 Å². The Hall–Kier alpha value is -0.610. The van der Waals surface area contributed by atoms with Gasteiger partial charge in [-0.1, -0.05) is 30.1 Å². The van der Waals surface area contributed by atoms with E-state index in [4.69, 9.17) is 23.2 Å². The molecule has 0 radical (unpaired) electrons. The Morgan fingerprint density at radius 3 is 2.84 bits per heavy atom. The van der Waals surface area contributed by atoms with Crippen LogP contribution < -0.4 is 5.32 Å². The lowest BCUT2D eigenvalue weighted by molar-refractivity contribution is 0.572. The van der Waals surface area contributed by atoms with Gasteiger partial charge in [-0.25, -0.2) is 4.98 Å². The Labute approximate surface area is 127 Å². The van der Waals surface area contributed by atoms with Crippen molar-refractivity contribution in [3.8, 4) is 0 Å². The summed E-state index contributed by atoms with van der Waals surface area (Å²) in [4.78, 5) is 5.75. The monoisotopic (exact) mass is 314 g/mol. The molecule has 0 aliphatic rings. The zero-order valence-electron chi connectivity index (χ0n) is 10.9. The topological polar surface area (TPSA) is 24.9 Å². The van der Waals surface area contributed by atoms with Gasteiger partial charge < -0.3 is 5.32 Å². The Morgan fingerprint density at radius 2 is 2.16 bits per heavy atom. The van der Waals surface area contributed by atoms with Crippen LogP contribution in [0.4, 0.5) is 0 Å². The van der Waals surface area contributed by atoms with Crippen LogP contribution in [-0.4, -0.2) is 4.98 Å². The second kappa shape index (κ2) is 6.71. The quantitative estimate of drug-likeness (QED) is 0.852. The van der Waals surface area contributed by atoms with E-state index >= 15 is 0 Å². The van der Waals surface area contributed by atoms with Crippen LogP contribution in [0.25, 0.3) is 0 Å². The summed E-state index contributed by atoms with van der Waals surface area (Å²) in [5.74, 6) is 0. The van der Waals surface area contributed by atoms with E-state index in [9.17, 15) is 0 Å². The van der Waals surface area contributed by atoms with E-state index in [1.165, 1.54) is 4.88 Å². The third-order valence-corrected chi connectivity index (χ3v) is 4.82. The van der Waals surface area contributed by atoms with Crippen LogP contribution in [-0.2, 0) is 13.0 Å². The summed E-state index contributed by atoms with van der Waals surface area (Å²) >= 11 is 13.9. The van der Waals surface area contributed by atoms with E-state index in [1.54, 1.807) is 17.4 Å². The molecule has 2 nitrogen and oxygen atoms in total. The van der Waals surface area contributed by atoms with E-state index < -0.39 is 0 Å². The number of hydrogen-bond acceptors (Lipinski definition) is 3. The fraction of sp³-hybridized carbons (Fsp3) is 0.357. The number of hydrogen-bond donors (Lipinski definition) is 1. The van der Waals surface area contributed by atoms with Crippen molar-refractivity contribution < 1.29 is 0 Å². The minimum absolute atomic E-state index is 0.209. The highest BCUT2D eigenvalue weighted by atomic mass is 35.5. The first-order valence-corrected chi connectivity index (χ1v) is 7.79. The molecular formula is C14H16Cl2N2S. The Balaban J connectivity index is 1.99. The maximum absolute atomic E-state index is 6.14. The minimum Gasteiger partial charge on any atom is -0.304 e. The first kappa shape index (κ1) is 14.8. The fourth-order valence-electron chi connectivity index (χ4n) is 1.72. The van der Waals surface area contributed by atoms with E-state index in [0.29, 0.717) is 11.6 Å². The Bertz CT molecular complexity index is 554. The molecule has 1 aromatic heterocycles. The summed E-state index contributed by atoms with van der Waals surface area (Å²) < 4.78 is 0. The number of nitrogens with zero attached hydrogens (tertiary/aromatic N) is 1. The fourth-order valence-corrected chi connectivity index (χ4v) is 2.98. The lowest BCUT2D eigenvalue weighted by Crippen LogP contribution is -2.18. The van der Waals surface area contributed by atoms with Gasteiger partial charge in [0.25, 0.3) is 0 Å². The number of aromatic nitrogens is 1. The van der Waals surface area contributed by atoms with Crippen LogP contribution in [0, 0.1) is 0 Å². The van der Waals surface area contributed by atoms with Crippen LogP contribution in [0.1, 0.15) is 35.3 Å². The highest BCUT2D eigenvalue weighted by Gasteiger charge is 2.10. The molecule has 0 amide bonds. The van der Waals surface area contributed by atoms with Crippen molar-refractivity contribution in [2.75, 3.05) is 0 Å². The van der Waals surface area contributed by atoms with Crippen LogP contribution in [0.5, 0.6) is 0 Å². The predicted molar refractivity (Wildman–Crippen MR) is 83.2 cm³/mol. The lowest BCUT2D eigenvalue weighted by Gasteiger charge is -2.12. The average Bonchev–Trinajstić information content (AvgIpc) is 2.88. The van der Waals surface area contributed by atoms with Gasteiger partial charge >= 0.3 is 0 Å². The van der Waals surface area contributed by atoms with Gasteiger partial charge in [-0.3, -0.25) is 0 Å². The molecule has 0 saturated heterocycles. The summed E-state index contributed by atoms with van der Waals surface area (Å²) in [6, 6.07) is 5.72. The van der Waals surface area contributed by atoms with Gasteiger partial charge in [0.2, 0.25) is 0 Å². The standard InChI is InChI=1S/C14H16Cl2N2S/c1-3-12-8-18-14(19-12)9(2)17-7-10-6-11(15)4-5-13(10)16/h4-6,8-9,17H,3,7H2,1-2H3. The second-order valence-corrected chi connectivity index (χ2v) is 6.35. The number of halogens is 2. The van der Waals surface area contributed by atoms with Crippen molar-refractivity contribution >= 4 is 34.5 Å².